The minimum atomic E-state index is -4.32. The van der Waals surface area contributed by atoms with Gasteiger partial charge >= 0.3 is 6.18 Å². The Labute approximate surface area is 127 Å². The molecular formula is C16H19F3N2O. The summed E-state index contributed by atoms with van der Waals surface area (Å²) >= 11 is 0. The van der Waals surface area contributed by atoms with Crippen molar-refractivity contribution in [3.63, 3.8) is 0 Å². The molecule has 0 fully saturated rings. The first kappa shape index (κ1) is 17.7. The Balaban J connectivity index is 2.94. The van der Waals surface area contributed by atoms with E-state index in [1.807, 2.05) is 0 Å². The summed E-state index contributed by atoms with van der Waals surface area (Å²) in [6, 6.07) is 0. The molecule has 0 aromatic rings. The summed E-state index contributed by atoms with van der Waals surface area (Å²) in [5.74, 6) is -0.0187. The van der Waals surface area contributed by atoms with Gasteiger partial charge in [-0.3, -0.25) is 0 Å². The van der Waals surface area contributed by atoms with Crippen LogP contribution in [-0.4, -0.2) is 17.8 Å². The van der Waals surface area contributed by atoms with Crippen molar-refractivity contribution in [2.75, 3.05) is 6.54 Å². The number of rotatable bonds is 6. The number of hydrogen-bond donors (Lipinski definition) is 3. The Morgan fingerprint density at radius 2 is 1.77 bits per heavy atom. The van der Waals surface area contributed by atoms with Gasteiger partial charge in [-0.1, -0.05) is 25.8 Å². The molecule has 0 saturated carbocycles. The van der Waals surface area contributed by atoms with E-state index in [1.165, 1.54) is 6.08 Å². The number of aliphatic hydroxyl groups is 1. The zero-order chi connectivity index (χ0) is 17.1. The molecule has 1 aliphatic carbocycles. The fraction of sp³-hybridized carbons (Fsp3) is 0.250. The lowest BCUT2D eigenvalue weighted by molar-refractivity contribution is -0.123. The van der Waals surface area contributed by atoms with E-state index in [4.69, 9.17) is 0 Å². The van der Waals surface area contributed by atoms with E-state index in [0.29, 0.717) is 28.1 Å². The van der Waals surface area contributed by atoms with Gasteiger partial charge in [-0.05, 0) is 19.4 Å². The first-order valence-electron chi connectivity index (χ1n) is 6.50. The summed E-state index contributed by atoms with van der Waals surface area (Å²) in [6.07, 6.45) is -1.22. The van der Waals surface area contributed by atoms with Crippen LogP contribution in [0.1, 0.15) is 13.8 Å². The molecule has 3 nitrogen and oxygen atoms in total. The Kier molecular flexibility index (Phi) is 5.30. The fourth-order valence-corrected chi connectivity index (χ4v) is 1.67. The second-order valence-electron chi connectivity index (χ2n) is 4.85. The highest BCUT2D eigenvalue weighted by atomic mass is 19.4. The zero-order valence-electron chi connectivity index (χ0n) is 12.6. The normalized spacial score (nSPS) is 16.6. The Morgan fingerprint density at radius 3 is 2.23 bits per heavy atom. The van der Waals surface area contributed by atoms with Crippen LogP contribution in [0.5, 0.6) is 0 Å². The number of alkyl halides is 3. The van der Waals surface area contributed by atoms with Crippen molar-refractivity contribution in [1.82, 2.24) is 10.6 Å². The van der Waals surface area contributed by atoms with Crippen LogP contribution in [0.2, 0.25) is 0 Å². The number of hydrogen-bond acceptors (Lipinski definition) is 3. The van der Waals surface area contributed by atoms with Crippen LogP contribution in [-0.2, 0) is 0 Å². The monoisotopic (exact) mass is 312 g/mol. The van der Waals surface area contributed by atoms with E-state index in [2.05, 4.69) is 30.4 Å². The maximum Gasteiger partial charge on any atom is 0.405 e. The predicted octanol–water partition coefficient (Wildman–Crippen LogP) is 3.99. The molecule has 0 spiro atoms. The summed E-state index contributed by atoms with van der Waals surface area (Å²) in [5, 5.41) is 14.9. The van der Waals surface area contributed by atoms with E-state index in [0.717, 1.165) is 0 Å². The molecule has 120 valence electrons. The van der Waals surface area contributed by atoms with Crippen LogP contribution < -0.4 is 10.6 Å². The van der Waals surface area contributed by atoms with Gasteiger partial charge in [0.15, 0.2) is 0 Å². The first-order chi connectivity index (χ1) is 10.1. The second-order valence-corrected chi connectivity index (χ2v) is 4.85. The third-order valence-corrected chi connectivity index (χ3v) is 2.99. The average Bonchev–Trinajstić information content (AvgIpc) is 2.42. The summed E-state index contributed by atoms with van der Waals surface area (Å²) in [7, 11) is 0. The van der Waals surface area contributed by atoms with Crippen molar-refractivity contribution >= 4 is 0 Å². The molecule has 0 aromatic carbocycles. The van der Waals surface area contributed by atoms with Gasteiger partial charge in [0.25, 0.3) is 0 Å². The van der Waals surface area contributed by atoms with E-state index in [-0.39, 0.29) is 11.5 Å². The summed E-state index contributed by atoms with van der Waals surface area (Å²) < 4.78 is 36.9. The predicted molar refractivity (Wildman–Crippen MR) is 81.8 cm³/mol. The summed E-state index contributed by atoms with van der Waals surface area (Å²) in [4.78, 5) is 0. The Hall–Kier alpha value is -2.37. The van der Waals surface area contributed by atoms with Gasteiger partial charge in [0.2, 0.25) is 0 Å². The molecule has 0 atom stereocenters. The molecule has 0 aliphatic heterocycles. The molecule has 0 radical (unpaired) electrons. The lowest BCUT2D eigenvalue weighted by atomic mass is 9.89. The van der Waals surface area contributed by atoms with Crippen LogP contribution in [0, 0.1) is 0 Å². The Bertz CT molecular complexity index is 607. The minimum absolute atomic E-state index is 0.0187. The molecule has 22 heavy (non-hydrogen) atoms. The van der Waals surface area contributed by atoms with Gasteiger partial charge in [-0.15, -0.1) is 0 Å². The van der Waals surface area contributed by atoms with Crippen molar-refractivity contribution < 1.29 is 18.3 Å². The highest BCUT2D eigenvalue weighted by Gasteiger charge is 2.32. The summed E-state index contributed by atoms with van der Waals surface area (Å²) in [5.41, 5.74) is 2.62. The lowest BCUT2D eigenvalue weighted by Crippen LogP contribution is -2.36. The van der Waals surface area contributed by atoms with E-state index in [9.17, 15) is 18.3 Å². The third kappa shape index (κ3) is 4.31. The third-order valence-electron chi connectivity index (χ3n) is 2.99. The molecular weight excluding hydrogens is 293 g/mol. The second kappa shape index (κ2) is 6.60. The molecule has 0 heterocycles. The van der Waals surface area contributed by atoms with Crippen molar-refractivity contribution in [3.05, 3.63) is 71.5 Å². The smallest absolute Gasteiger partial charge is 0.405 e. The zero-order valence-corrected chi connectivity index (χ0v) is 12.6. The number of halogens is 3. The van der Waals surface area contributed by atoms with Gasteiger partial charge in [0.1, 0.15) is 12.3 Å². The van der Waals surface area contributed by atoms with Crippen LogP contribution in [0.3, 0.4) is 0 Å². The summed E-state index contributed by atoms with van der Waals surface area (Å²) in [6.45, 7) is 13.2. The highest BCUT2D eigenvalue weighted by Crippen LogP contribution is 2.35. The SMILES string of the molecule is C=C1C(=C)C(NC(=C/C)/C=C(/O)C(=C)C)=C1NCC(F)(F)F. The standard InChI is InChI=1S/C16H19F3N2O/c1-6-12(7-13(22)9(2)3)21-15-11(5)10(4)14(15)20-8-16(17,18)19/h6-7,20-22H,2,4-5,8H2,1,3H3/b12-6+,13-7+. The van der Waals surface area contributed by atoms with Gasteiger partial charge in [-0.2, -0.15) is 13.2 Å². The van der Waals surface area contributed by atoms with Crippen LogP contribution in [0.4, 0.5) is 13.2 Å². The van der Waals surface area contributed by atoms with Crippen molar-refractivity contribution in [3.8, 4) is 0 Å². The van der Waals surface area contributed by atoms with Gasteiger partial charge in [0.05, 0.1) is 11.4 Å². The van der Waals surface area contributed by atoms with Gasteiger partial charge < -0.3 is 15.7 Å². The molecule has 1 rings (SSSR count). The van der Waals surface area contributed by atoms with Crippen molar-refractivity contribution in [2.24, 2.45) is 0 Å². The molecule has 0 amide bonds. The van der Waals surface area contributed by atoms with Crippen molar-refractivity contribution in [1.29, 1.82) is 0 Å². The van der Waals surface area contributed by atoms with Crippen LogP contribution in [0.15, 0.2) is 71.5 Å². The van der Waals surface area contributed by atoms with Crippen LogP contribution in [0.25, 0.3) is 0 Å². The molecule has 1 aliphatic rings. The Morgan fingerprint density at radius 1 is 1.23 bits per heavy atom. The molecule has 0 aromatic heterocycles. The van der Waals surface area contributed by atoms with Gasteiger partial charge in [-0.25, -0.2) is 0 Å². The minimum Gasteiger partial charge on any atom is -0.508 e. The topological polar surface area (TPSA) is 44.3 Å². The largest absolute Gasteiger partial charge is 0.508 e. The highest BCUT2D eigenvalue weighted by molar-refractivity contribution is 5.67. The first-order valence-corrected chi connectivity index (χ1v) is 6.50. The number of aliphatic hydroxyl groups excluding tert-OH is 1. The van der Waals surface area contributed by atoms with Crippen LogP contribution >= 0.6 is 0 Å². The molecule has 3 N–H and O–H groups in total. The molecule has 0 unspecified atom stereocenters. The van der Waals surface area contributed by atoms with Crippen molar-refractivity contribution in [2.45, 2.75) is 20.0 Å². The van der Waals surface area contributed by atoms with Gasteiger partial charge in [0, 0.05) is 22.9 Å². The van der Waals surface area contributed by atoms with E-state index < -0.39 is 12.7 Å². The number of allylic oxidation sites excluding steroid dienone is 5. The maximum absolute atomic E-state index is 12.3. The molecule has 6 heteroatoms. The fourth-order valence-electron chi connectivity index (χ4n) is 1.67. The van der Waals surface area contributed by atoms with E-state index in [1.54, 1.807) is 19.9 Å². The average molecular weight is 312 g/mol. The molecule has 0 saturated heterocycles. The molecule has 0 bridgehead atoms. The van der Waals surface area contributed by atoms with E-state index >= 15 is 0 Å². The lowest BCUT2D eigenvalue weighted by Gasteiger charge is -2.31. The number of nitrogens with one attached hydrogen (secondary N) is 2. The maximum atomic E-state index is 12.3. The quantitative estimate of drug-likeness (QED) is 0.513.